The molecule has 0 aliphatic heterocycles. The minimum absolute atomic E-state index is 0.177. The molecule has 0 spiro atoms. The van der Waals surface area contributed by atoms with Crippen LogP contribution in [0.15, 0.2) is 42.5 Å². The largest absolute Gasteiger partial charge is 0.497 e. The lowest BCUT2D eigenvalue weighted by atomic mass is 10.1. The van der Waals surface area contributed by atoms with Crippen molar-refractivity contribution in [3.8, 4) is 17.2 Å². The number of benzene rings is 2. The Hall–Kier alpha value is -3.06. The van der Waals surface area contributed by atoms with Crippen molar-refractivity contribution in [1.29, 1.82) is 0 Å². The molecule has 1 aromatic heterocycles. The molecule has 7 nitrogen and oxygen atoms in total. The van der Waals surface area contributed by atoms with Gasteiger partial charge in [0.1, 0.15) is 17.3 Å². The molecule has 0 atom stereocenters. The molecule has 0 saturated heterocycles. The first-order valence-electron chi connectivity index (χ1n) is 9.71. The fraction of sp³-hybridized carbons (Fsp3) is 0.318. The van der Waals surface area contributed by atoms with Crippen LogP contribution in [0.5, 0.6) is 11.5 Å². The molecule has 0 bridgehead atoms. The van der Waals surface area contributed by atoms with Crippen LogP contribution in [0.25, 0.3) is 5.69 Å². The normalized spacial score (nSPS) is 13.2. The maximum Gasteiger partial charge on any atom is 0.294 e. The third kappa shape index (κ3) is 4.11. The number of carbonyl (C=O) groups is 1. The molecule has 1 amide bonds. The fourth-order valence-electron chi connectivity index (χ4n) is 3.38. The van der Waals surface area contributed by atoms with Crippen LogP contribution < -0.4 is 9.47 Å². The highest BCUT2D eigenvalue weighted by atomic mass is 35.5. The number of nitrogens with zero attached hydrogens (tertiary/aromatic N) is 4. The molecule has 0 unspecified atom stereocenters. The monoisotopic (exact) mass is 426 g/mol. The second-order valence-electron chi connectivity index (χ2n) is 7.21. The van der Waals surface area contributed by atoms with E-state index in [1.165, 1.54) is 0 Å². The van der Waals surface area contributed by atoms with E-state index in [4.69, 9.17) is 21.1 Å². The van der Waals surface area contributed by atoms with Gasteiger partial charge in [0.2, 0.25) is 5.82 Å². The van der Waals surface area contributed by atoms with Gasteiger partial charge in [-0.05, 0) is 62.2 Å². The van der Waals surface area contributed by atoms with Crippen molar-refractivity contribution in [2.45, 2.75) is 32.4 Å². The number of aromatic nitrogens is 3. The average molecular weight is 427 g/mol. The van der Waals surface area contributed by atoms with Crippen LogP contribution in [-0.4, -0.2) is 45.8 Å². The summed E-state index contributed by atoms with van der Waals surface area (Å²) in [6, 6.07) is 13.0. The highest BCUT2D eigenvalue weighted by molar-refractivity contribution is 6.30. The molecule has 156 valence electrons. The Kier molecular flexibility index (Phi) is 5.63. The predicted molar refractivity (Wildman–Crippen MR) is 114 cm³/mol. The molecule has 1 fully saturated rings. The maximum absolute atomic E-state index is 13.3. The summed E-state index contributed by atoms with van der Waals surface area (Å²) in [6.45, 7) is 2.23. The van der Waals surface area contributed by atoms with Gasteiger partial charge < -0.3 is 14.4 Å². The number of amides is 1. The van der Waals surface area contributed by atoms with E-state index >= 15 is 0 Å². The van der Waals surface area contributed by atoms with Crippen LogP contribution in [0.4, 0.5) is 0 Å². The summed E-state index contributed by atoms with van der Waals surface area (Å²) in [6.07, 6.45) is 1.93. The molecule has 1 saturated carbocycles. The van der Waals surface area contributed by atoms with Gasteiger partial charge in [-0.1, -0.05) is 11.6 Å². The molecule has 30 heavy (non-hydrogen) atoms. The molecule has 1 aliphatic carbocycles. The Morgan fingerprint density at radius 1 is 1.17 bits per heavy atom. The maximum atomic E-state index is 13.3. The number of halogens is 1. The lowest BCUT2D eigenvalue weighted by Gasteiger charge is -2.22. The first-order chi connectivity index (χ1) is 14.5. The Balaban J connectivity index is 1.62. The van der Waals surface area contributed by atoms with Gasteiger partial charge in [-0.3, -0.25) is 4.79 Å². The quantitative estimate of drug-likeness (QED) is 0.570. The van der Waals surface area contributed by atoms with Gasteiger partial charge in [0.25, 0.3) is 5.91 Å². The molecule has 3 aromatic rings. The van der Waals surface area contributed by atoms with Crippen LogP contribution in [0.3, 0.4) is 0 Å². The van der Waals surface area contributed by atoms with Crippen molar-refractivity contribution >= 4 is 17.5 Å². The van der Waals surface area contributed by atoms with Crippen molar-refractivity contribution in [3.63, 3.8) is 0 Å². The third-order valence-electron chi connectivity index (χ3n) is 5.11. The minimum Gasteiger partial charge on any atom is -0.497 e. The zero-order chi connectivity index (χ0) is 21.3. The van der Waals surface area contributed by atoms with E-state index in [0.29, 0.717) is 23.1 Å². The van der Waals surface area contributed by atoms with E-state index in [9.17, 15) is 4.79 Å². The number of methoxy groups -OCH3 is 2. The molecule has 1 aliphatic rings. The number of rotatable bonds is 7. The van der Waals surface area contributed by atoms with Gasteiger partial charge in [-0.15, -0.1) is 5.10 Å². The Morgan fingerprint density at radius 2 is 1.90 bits per heavy atom. The summed E-state index contributed by atoms with van der Waals surface area (Å²) in [5.41, 5.74) is 1.68. The van der Waals surface area contributed by atoms with Gasteiger partial charge in [-0.25, -0.2) is 9.67 Å². The molecular formula is C22H23ClN4O3. The number of hydrogen-bond donors (Lipinski definition) is 0. The van der Waals surface area contributed by atoms with Crippen LogP contribution in [-0.2, 0) is 6.54 Å². The lowest BCUT2D eigenvalue weighted by molar-refractivity contribution is 0.0716. The lowest BCUT2D eigenvalue weighted by Crippen LogP contribution is -2.33. The molecule has 1 heterocycles. The third-order valence-corrected chi connectivity index (χ3v) is 5.36. The SMILES string of the molecule is COc1ccc(OC)c(CN(C(=O)c2nc(C)n(-c3ccc(Cl)cc3)n2)C2CC2)c1. The number of hydrogen-bond acceptors (Lipinski definition) is 5. The summed E-state index contributed by atoms with van der Waals surface area (Å²) in [7, 11) is 3.23. The summed E-state index contributed by atoms with van der Waals surface area (Å²) >= 11 is 5.98. The van der Waals surface area contributed by atoms with Crippen LogP contribution in [0.1, 0.15) is 34.8 Å². The summed E-state index contributed by atoms with van der Waals surface area (Å²) in [5.74, 6) is 2.05. The van der Waals surface area contributed by atoms with Gasteiger partial charge in [0, 0.05) is 16.6 Å². The van der Waals surface area contributed by atoms with Crippen molar-refractivity contribution in [2.24, 2.45) is 0 Å². The van der Waals surface area contributed by atoms with Gasteiger partial charge >= 0.3 is 0 Å². The molecular weight excluding hydrogens is 404 g/mol. The van der Waals surface area contributed by atoms with Crippen molar-refractivity contribution in [2.75, 3.05) is 14.2 Å². The molecule has 2 aromatic carbocycles. The smallest absolute Gasteiger partial charge is 0.294 e. The molecule has 0 N–H and O–H groups in total. The van der Waals surface area contributed by atoms with Crippen molar-refractivity contribution in [1.82, 2.24) is 19.7 Å². The summed E-state index contributed by atoms with van der Waals surface area (Å²) in [4.78, 5) is 19.6. The standard InChI is InChI=1S/C22H23ClN4O3/c1-14-24-21(25-27(14)18-6-4-16(23)5-7-18)22(28)26(17-8-9-17)13-15-12-19(29-2)10-11-20(15)30-3/h4-7,10-12,17H,8-9,13H2,1-3H3. The topological polar surface area (TPSA) is 69.5 Å². The minimum atomic E-state index is -0.196. The average Bonchev–Trinajstić information content (AvgIpc) is 3.53. The number of carbonyl (C=O) groups excluding carboxylic acids is 1. The van der Waals surface area contributed by atoms with Crippen molar-refractivity contribution in [3.05, 3.63) is 64.7 Å². The number of aryl methyl sites for hydroxylation is 1. The molecule has 4 rings (SSSR count). The van der Waals surface area contributed by atoms with E-state index in [1.54, 1.807) is 31.0 Å². The summed E-state index contributed by atoms with van der Waals surface area (Å²) < 4.78 is 12.5. The van der Waals surface area contributed by atoms with E-state index in [-0.39, 0.29) is 17.8 Å². The first-order valence-corrected chi connectivity index (χ1v) is 10.1. The van der Waals surface area contributed by atoms with Gasteiger partial charge in [-0.2, -0.15) is 0 Å². The van der Waals surface area contributed by atoms with Gasteiger partial charge in [0.15, 0.2) is 0 Å². The Morgan fingerprint density at radius 3 is 2.53 bits per heavy atom. The second-order valence-corrected chi connectivity index (χ2v) is 7.65. The highest BCUT2D eigenvalue weighted by Gasteiger charge is 2.35. The predicted octanol–water partition coefficient (Wildman–Crippen LogP) is 4.05. The summed E-state index contributed by atoms with van der Waals surface area (Å²) in [5, 5.41) is 5.11. The van der Waals surface area contributed by atoms with Crippen LogP contribution in [0, 0.1) is 6.92 Å². The second kappa shape index (κ2) is 8.36. The van der Waals surface area contributed by atoms with E-state index in [0.717, 1.165) is 29.8 Å². The Labute approximate surface area is 180 Å². The van der Waals surface area contributed by atoms with Crippen LogP contribution in [0.2, 0.25) is 5.02 Å². The fourth-order valence-corrected chi connectivity index (χ4v) is 3.50. The van der Waals surface area contributed by atoms with Gasteiger partial charge in [0.05, 0.1) is 26.5 Å². The van der Waals surface area contributed by atoms with E-state index < -0.39 is 0 Å². The number of ether oxygens (including phenoxy) is 2. The zero-order valence-corrected chi connectivity index (χ0v) is 17.9. The first kappa shape index (κ1) is 20.2. The van der Waals surface area contributed by atoms with E-state index in [1.807, 2.05) is 42.2 Å². The Bertz CT molecular complexity index is 1060. The zero-order valence-electron chi connectivity index (χ0n) is 17.1. The van der Waals surface area contributed by atoms with E-state index in [2.05, 4.69) is 10.1 Å². The molecule has 8 heteroatoms. The van der Waals surface area contributed by atoms with Crippen molar-refractivity contribution < 1.29 is 14.3 Å². The molecule has 0 radical (unpaired) electrons. The van der Waals surface area contributed by atoms with Crippen LogP contribution >= 0.6 is 11.6 Å². The highest BCUT2D eigenvalue weighted by Crippen LogP contribution is 2.33.